The monoisotopic (exact) mass is 491 g/mol. The molecule has 1 aromatic heterocycles. The molecule has 1 atom stereocenters. The second kappa shape index (κ2) is 10.6. The lowest BCUT2D eigenvalue weighted by atomic mass is 9.95. The van der Waals surface area contributed by atoms with Crippen LogP contribution in [0.3, 0.4) is 0 Å². The summed E-state index contributed by atoms with van der Waals surface area (Å²) in [6, 6.07) is 23.2. The van der Waals surface area contributed by atoms with Gasteiger partial charge < -0.3 is 9.80 Å². The second-order valence-electron chi connectivity index (χ2n) is 8.06. The fraction of sp³-hybridized carbons (Fsp3) is 0.269. The molecule has 0 bridgehead atoms. The van der Waals surface area contributed by atoms with E-state index in [1.165, 1.54) is 0 Å². The summed E-state index contributed by atoms with van der Waals surface area (Å²) in [4.78, 5) is 34.6. The molecule has 3 aromatic rings. The maximum absolute atomic E-state index is 13.7. The summed E-state index contributed by atoms with van der Waals surface area (Å²) in [6.45, 7) is 1.56. The van der Waals surface area contributed by atoms with Gasteiger partial charge in [0.2, 0.25) is 11.8 Å². The van der Waals surface area contributed by atoms with Gasteiger partial charge in [-0.15, -0.1) is 0 Å². The molecule has 32 heavy (non-hydrogen) atoms. The van der Waals surface area contributed by atoms with Crippen molar-refractivity contribution in [1.29, 1.82) is 0 Å². The van der Waals surface area contributed by atoms with Crippen LogP contribution in [-0.2, 0) is 22.6 Å². The highest BCUT2D eigenvalue weighted by molar-refractivity contribution is 9.10. The highest BCUT2D eigenvalue weighted by atomic mass is 79.9. The van der Waals surface area contributed by atoms with Crippen molar-refractivity contribution in [3.8, 4) is 0 Å². The number of pyridine rings is 1. The second-order valence-corrected chi connectivity index (χ2v) is 8.98. The summed E-state index contributed by atoms with van der Waals surface area (Å²) in [5, 5.41) is 0. The maximum atomic E-state index is 13.7. The minimum Gasteiger partial charge on any atom is -0.342 e. The third kappa shape index (κ3) is 5.62. The summed E-state index contributed by atoms with van der Waals surface area (Å²) in [7, 11) is 0. The first-order valence-electron chi connectivity index (χ1n) is 10.9. The van der Waals surface area contributed by atoms with Crippen molar-refractivity contribution in [1.82, 2.24) is 9.88 Å². The van der Waals surface area contributed by atoms with Gasteiger partial charge in [0.05, 0.1) is 24.6 Å². The standard InChI is InChI=1S/C26H26BrN3O2/c27-22-11-13-24(14-12-22)30(19-23-10-4-5-15-28-23)26(32)21-9-6-16-29(18-21)25(31)17-20-7-2-1-3-8-20/h1-5,7-8,10-15,21H,6,9,16-19H2. The lowest BCUT2D eigenvalue weighted by molar-refractivity contribution is -0.134. The molecule has 2 aromatic carbocycles. The molecular weight excluding hydrogens is 466 g/mol. The number of aromatic nitrogens is 1. The van der Waals surface area contributed by atoms with E-state index in [0.29, 0.717) is 26.1 Å². The fourth-order valence-corrected chi connectivity index (χ4v) is 4.34. The highest BCUT2D eigenvalue weighted by Gasteiger charge is 2.32. The van der Waals surface area contributed by atoms with Gasteiger partial charge in [-0.05, 0) is 54.8 Å². The average Bonchev–Trinajstić information content (AvgIpc) is 2.84. The van der Waals surface area contributed by atoms with Gasteiger partial charge in [-0.2, -0.15) is 0 Å². The Hall–Kier alpha value is -2.99. The van der Waals surface area contributed by atoms with Gasteiger partial charge in [-0.1, -0.05) is 52.3 Å². The van der Waals surface area contributed by atoms with Crippen LogP contribution in [0.4, 0.5) is 5.69 Å². The molecule has 0 N–H and O–H groups in total. The summed E-state index contributed by atoms with van der Waals surface area (Å²) in [5.74, 6) is -0.111. The zero-order chi connectivity index (χ0) is 22.3. The molecule has 0 spiro atoms. The predicted molar refractivity (Wildman–Crippen MR) is 129 cm³/mol. The smallest absolute Gasteiger partial charge is 0.232 e. The molecule has 1 saturated heterocycles. The van der Waals surface area contributed by atoms with Crippen LogP contribution in [0.1, 0.15) is 24.1 Å². The zero-order valence-electron chi connectivity index (χ0n) is 17.9. The van der Waals surface area contributed by atoms with Crippen molar-refractivity contribution >= 4 is 33.4 Å². The lowest BCUT2D eigenvalue weighted by Gasteiger charge is -2.35. The van der Waals surface area contributed by atoms with Gasteiger partial charge in [-0.25, -0.2) is 0 Å². The van der Waals surface area contributed by atoms with Gasteiger partial charge in [0, 0.05) is 29.4 Å². The SMILES string of the molecule is O=C(Cc1ccccc1)N1CCCC(C(=O)N(Cc2ccccn2)c2ccc(Br)cc2)C1. The van der Waals surface area contributed by atoms with Crippen LogP contribution in [0, 0.1) is 5.92 Å². The van der Waals surface area contributed by atoms with Crippen molar-refractivity contribution in [2.45, 2.75) is 25.8 Å². The van der Waals surface area contributed by atoms with E-state index < -0.39 is 0 Å². The summed E-state index contributed by atoms with van der Waals surface area (Å²) < 4.78 is 0.960. The van der Waals surface area contributed by atoms with Crippen molar-refractivity contribution in [2.75, 3.05) is 18.0 Å². The molecule has 1 fully saturated rings. The van der Waals surface area contributed by atoms with Crippen molar-refractivity contribution in [3.05, 3.63) is 94.7 Å². The Balaban J connectivity index is 1.50. The molecule has 1 unspecified atom stereocenters. The molecule has 164 valence electrons. The molecular formula is C26H26BrN3O2. The number of piperidine rings is 1. The quantitative estimate of drug-likeness (QED) is 0.494. The number of hydrogen-bond acceptors (Lipinski definition) is 3. The minimum atomic E-state index is -0.226. The van der Waals surface area contributed by atoms with E-state index in [4.69, 9.17) is 0 Å². The predicted octanol–water partition coefficient (Wildman–Crippen LogP) is 4.86. The van der Waals surface area contributed by atoms with Crippen LogP contribution in [0.2, 0.25) is 0 Å². The third-order valence-electron chi connectivity index (χ3n) is 5.77. The van der Waals surface area contributed by atoms with Crippen LogP contribution in [0.15, 0.2) is 83.5 Å². The number of rotatable bonds is 6. The van der Waals surface area contributed by atoms with Gasteiger partial charge in [-0.3, -0.25) is 14.6 Å². The Morgan fingerprint density at radius 1 is 1.00 bits per heavy atom. The molecule has 2 heterocycles. The van der Waals surface area contributed by atoms with Crippen LogP contribution >= 0.6 is 15.9 Å². The number of likely N-dealkylation sites (tertiary alicyclic amines) is 1. The molecule has 5 nitrogen and oxygen atoms in total. The Kier molecular flexibility index (Phi) is 7.32. The summed E-state index contributed by atoms with van der Waals surface area (Å²) in [6.07, 6.45) is 3.72. The first-order valence-corrected chi connectivity index (χ1v) is 11.7. The van der Waals surface area contributed by atoms with Crippen LogP contribution in [-0.4, -0.2) is 34.8 Å². The number of amides is 2. The molecule has 0 saturated carbocycles. The van der Waals surface area contributed by atoms with Crippen molar-refractivity contribution in [2.24, 2.45) is 5.92 Å². The van der Waals surface area contributed by atoms with E-state index in [9.17, 15) is 9.59 Å². The molecule has 1 aliphatic rings. The van der Waals surface area contributed by atoms with Crippen molar-refractivity contribution in [3.63, 3.8) is 0 Å². The fourth-order valence-electron chi connectivity index (χ4n) is 4.08. The number of nitrogens with zero attached hydrogens (tertiary/aromatic N) is 3. The van der Waals surface area contributed by atoms with Gasteiger partial charge in [0.1, 0.15) is 0 Å². The lowest BCUT2D eigenvalue weighted by Crippen LogP contribution is -2.47. The van der Waals surface area contributed by atoms with Gasteiger partial charge in [0.15, 0.2) is 0 Å². The minimum absolute atomic E-state index is 0.0372. The van der Waals surface area contributed by atoms with E-state index >= 15 is 0 Å². The zero-order valence-corrected chi connectivity index (χ0v) is 19.4. The van der Waals surface area contributed by atoms with E-state index in [0.717, 1.165) is 34.3 Å². The molecule has 0 radical (unpaired) electrons. The first-order chi connectivity index (χ1) is 15.6. The van der Waals surface area contributed by atoms with Gasteiger partial charge >= 0.3 is 0 Å². The van der Waals surface area contributed by atoms with E-state index in [2.05, 4.69) is 20.9 Å². The normalized spacial score (nSPS) is 15.9. The molecule has 6 heteroatoms. The first kappa shape index (κ1) is 22.2. The Labute approximate surface area is 197 Å². The topological polar surface area (TPSA) is 53.5 Å². The average molecular weight is 492 g/mol. The van der Waals surface area contributed by atoms with Crippen LogP contribution in [0.25, 0.3) is 0 Å². The van der Waals surface area contributed by atoms with E-state index in [1.807, 2.05) is 77.7 Å². The summed E-state index contributed by atoms with van der Waals surface area (Å²) >= 11 is 3.47. The Morgan fingerprint density at radius 3 is 2.47 bits per heavy atom. The summed E-state index contributed by atoms with van der Waals surface area (Å²) in [5.41, 5.74) is 2.66. The molecule has 1 aliphatic heterocycles. The number of hydrogen-bond donors (Lipinski definition) is 0. The van der Waals surface area contributed by atoms with E-state index in [1.54, 1.807) is 11.1 Å². The van der Waals surface area contributed by atoms with Crippen LogP contribution in [0.5, 0.6) is 0 Å². The molecule has 0 aliphatic carbocycles. The Morgan fingerprint density at radius 2 is 1.75 bits per heavy atom. The highest BCUT2D eigenvalue weighted by Crippen LogP contribution is 2.26. The number of carbonyl (C=O) groups is 2. The number of carbonyl (C=O) groups excluding carboxylic acids is 2. The van der Waals surface area contributed by atoms with Crippen LogP contribution < -0.4 is 4.90 Å². The Bertz CT molecular complexity index is 1040. The van der Waals surface area contributed by atoms with Crippen molar-refractivity contribution < 1.29 is 9.59 Å². The maximum Gasteiger partial charge on any atom is 0.232 e. The number of halogens is 1. The van der Waals surface area contributed by atoms with Gasteiger partial charge in [0.25, 0.3) is 0 Å². The number of benzene rings is 2. The molecule has 2 amide bonds. The largest absolute Gasteiger partial charge is 0.342 e. The number of anilines is 1. The van der Waals surface area contributed by atoms with E-state index in [-0.39, 0.29) is 17.7 Å². The third-order valence-corrected chi connectivity index (χ3v) is 6.30. The molecule has 4 rings (SSSR count).